The van der Waals surface area contributed by atoms with Crippen LogP contribution in [0.3, 0.4) is 0 Å². The molecule has 0 N–H and O–H groups in total. The van der Waals surface area contributed by atoms with E-state index in [4.69, 9.17) is 9.47 Å². The molecule has 3 heterocycles. The third kappa shape index (κ3) is 4.18. The average Bonchev–Trinajstić information content (AvgIpc) is 3.24. The molecule has 0 atom stereocenters. The Kier molecular flexibility index (Phi) is 5.70. The fraction of sp³-hybridized carbons (Fsp3) is 0.700. The molecule has 3 aliphatic rings. The number of pyridine rings is 1. The number of hydrogen-bond acceptors (Lipinski definition) is 5. The summed E-state index contributed by atoms with van der Waals surface area (Å²) in [4.78, 5) is 21.6. The van der Waals surface area contributed by atoms with Gasteiger partial charge >= 0.3 is 0 Å². The summed E-state index contributed by atoms with van der Waals surface area (Å²) in [5.74, 6) is 0.681. The van der Waals surface area contributed by atoms with Crippen LogP contribution in [0.15, 0.2) is 18.3 Å². The van der Waals surface area contributed by atoms with Crippen LogP contribution in [0.2, 0.25) is 0 Å². The first-order valence-electron chi connectivity index (χ1n) is 10.0. The maximum absolute atomic E-state index is 12.7. The van der Waals surface area contributed by atoms with Crippen LogP contribution in [-0.4, -0.2) is 72.2 Å². The molecule has 0 unspecified atom stereocenters. The van der Waals surface area contributed by atoms with Crippen LogP contribution in [0.1, 0.15) is 48.9 Å². The number of carbonyl (C=O) groups excluding carboxylic acids is 1. The molecule has 1 saturated carbocycles. The minimum Gasteiger partial charge on any atom is -0.474 e. The van der Waals surface area contributed by atoms with Gasteiger partial charge in [0.05, 0.1) is 18.8 Å². The smallest absolute Gasteiger partial charge is 0.255 e. The Bertz CT molecular complexity index is 587. The van der Waals surface area contributed by atoms with Crippen LogP contribution in [0.4, 0.5) is 0 Å². The zero-order valence-corrected chi connectivity index (χ0v) is 15.4. The average molecular weight is 359 g/mol. The lowest BCUT2D eigenvalue weighted by Crippen LogP contribution is -2.51. The number of aromatic nitrogens is 1. The Morgan fingerprint density at radius 2 is 1.77 bits per heavy atom. The number of nitrogens with zero attached hydrogens (tertiary/aromatic N) is 3. The van der Waals surface area contributed by atoms with Crippen molar-refractivity contribution in [2.24, 2.45) is 0 Å². The fourth-order valence-electron chi connectivity index (χ4n) is 4.28. The van der Waals surface area contributed by atoms with E-state index in [9.17, 15) is 4.79 Å². The van der Waals surface area contributed by atoms with Gasteiger partial charge in [-0.2, -0.15) is 0 Å². The molecule has 142 valence electrons. The van der Waals surface area contributed by atoms with Crippen molar-refractivity contribution < 1.29 is 14.3 Å². The molecular weight excluding hydrogens is 330 g/mol. The number of hydrogen-bond donors (Lipinski definition) is 0. The first-order chi connectivity index (χ1) is 12.8. The van der Waals surface area contributed by atoms with Crippen LogP contribution in [0.25, 0.3) is 0 Å². The largest absolute Gasteiger partial charge is 0.474 e. The second kappa shape index (κ2) is 8.35. The van der Waals surface area contributed by atoms with Crippen LogP contribution < -0.4 is 4.74 Å². The van der Waals surface area contributed by atoms with E-state index in [2.05, 4.69) is 9.88 Å². The zero-order chi connectivity index (χ0) is 17.8. The highest BCUT2D eigenvalue weighted by Gasteiger charge is 2.28. The second-order valence-corrected chi connectivity index (χ2v) is 7.58. The molecule has 6 nitrogen and oxygen atoms in total. The van der Waals surface area contributed by atoms with E-state index >= 15 is 0 Å². The lowest BCUT2D eigenvalue weighted by molar-refractivity contribution is 0.0237. The van der Waals surface area contributed by atoms with Crippen molar-refractivity contribution in [3.8, 4) is 5.88 Å². The van der Waals surface area contributed by atoms with E-state index < -0.39 is 0 Å². The topological polar surface area (TPSA) is 54.9 Å². The maximum Gasteiger partial charge on any atom is 0.255 e. The van der Waals surface area contributed by atoms with Crippen LogP contribution in [-0.2, 0) is 4.74 Å². The third-order valence-electron chi connectivity index (χ3n) is 5.88. The summed E-state index contributed by atoms with van der Waals surface area (Å²) >= 11 is 0. The molecular formula is C20H29N3O3. The molecule has 1 amide bonds. The molecule has 0 spiro atoms. The van der Waals surface area contributed by atoms with E-state index in [1.54, 1.807) is 6.20 Å². The number of carbonyl (C=O) groups is 1. The minimum absolute atomic E-state index is 0.0844. The van der Waals surface area contributed by atoms with Gasteiger partial charge in [0.1, 0.15) is 6.10 Å². The zero-order valence-electron chi connectivity index (χ0n) is 15.4. The summed E-state index contributed by atoms with van der Waals surface area (Å²) in [6.45, 7) is 5.11. The van der Waals surface area contributed by atoms with Gasteiger partial charge in [0.2, 0.25) is 5.88 Å². The van der Waals surface area contributed by atoms with Crippen molar-refractivity contribution in [3.05, 3.63) is 23.9 Å². The number of ether oxygens (including phenoxy) is 2. The van der Waals surface area contributed by atoms with Crippen molar-refractivity contribution in [2.45, 2.75) is 50.7 Å². The van der Waals surface area contributed by atoms with E-state index in [-0.39, 0.29) is 12.0 Å². The SMILES string of the molecule is O=C(c1ccc(OC2CCOCC2)nc1)N1CCN(C2CCCC2)CC1. The summed E-state index contributed by atoms with van der Waals surface area (Å²) in [6, 6.07) is 4.40. The molecule has 1 aromatic heterocycles. The van der Waals surface area contributed by atoms with Crippen molar-refractivity contribution >= 4 is 5.91 Å². The molecule has 1 aliphatic carbocycles. The summed E-state index contributed by atoms with van der Waals surface area (Å²) in [7, 11) is 0. The monoisotopic (exact) mass is 359 g/mol. The van der Waals surface area contributed by atoms with E-state index in [1.165, 1.54) is 25.7 Å². The number of amides is 1. The van der Waals surface area contributed by atoms with Gasteiger partial charge < -0.3 is 14.4 Å². The molecule has 1 aromatic rings. The number of piperazine rings is 1. The first kappa shape index (κ1) is 17.7. The second-order valence-electron chi connectivity index (χ2n) is 7.58. The molecule has 3 fully saturated rings. The molecule has 2 saturated heterocycles. The van der Waals surface area contributed by atoms with Gasteiger partial charge in [-0.3, -0.25) is 9.69 Å². The van der Waals surface area contributed by atoms with E-state index in [0.717, 1.165) is 58.3 Å². The number of rotatable bonds is 4. The van der Waals surface area contributed by atoms with Gasteiger partial charge in [-0.15, -0.1) is 0 Å². The molecule has 4 rings (SSSR count). The van der Waals surface area contributed by atoms with Gasteiger partial charge in [0.15, 0.2) is 0 Å². The molecule has 2 aliphatic heterocycles. The van der Waals surface area contributed by atoms with Crippen molar-refractivity contribution in [1.29, 1.82) is 0 Å². The molecule has 0 radical (unpaired) electrons. The van der Waals surface area contributed by atoms with Gasteiger partial charge in [-0.25, -0.2) is 4.98 Å². The Hall–Kier alpha value is -1.66. The Labute approximate surface area is 155 Å². The lowest BCUT2D eigenvalue weighted by atomic mass is 10.1. The van der Waals surface area contributed by atoms with Crippen LogP contribution in [0.5, 0.6) is 5.88 Å². The summed E-state index contributed by atoms with van der Waals surface area (Å²) in [5, 5.41) is 0. The van der Waals surface area contributed by atoms with Gasteiger partial charge in [0, 0.05) is 57.3 Å². The van der Waals surface area contributed by atoms with E-state index in [0.29, 0.717) is 11.4 Å². The fourth-order valence-corrected chi connectivity index (χ4v) is 4.28. The van der Waals surface area contributed by atoms with Gasteiger partial charge in [0.25, 0.3) is 5.91 Å². The van der Waals surface area contributed by atoms with Crippen LogP contribution >= 0.6 is 0 Å². The highest BCUT2D eigenvalue weighted by molar-refractivity contribution is 5.94. The minimum atomic E-state index is 0.0844. The predicted octanol–water partition coefficient (Wildman–Crippen LogP) is 2.34. The highest BCUT2D eigenvalue weighted by Crippen LogP contribution is 2.24. The Balaban J connectivity index is 1.29. The lowest BCUT2D eigenvalue weighted by Gasteiger charge is -2.38. The van der Waals surface area contributed by atoms with Gasteiger partial charge in [-0.05, 0) is 18.9 Å². The Morgan fingerprint density at radius 3 is 2.42 bits per heavy atom. The summed E-state index contributed by atoms with van der Waals surface area (Å²) in [5.41, 5.74) is 0.652. The molecule has 26 heavy (non-hydrogen) atoms. The molecule has 0 bridgehead atoms. The van der Waals surface area contributed by atoms with Crippen molar-refractivity contribution in [2.75, 3.05) is 39.4 Å². The van der Waals surface area contributed by atoms with Gasteiger partial charge in [-0.1, -0.05) is 12.8 Å². The predicted molar refractivity (Wildman–Crippen MR) is 98.4 cm³/mol. The summed E-state index contributed by atoms with van der Waals surface area (Å²) < 4.78 is 11.2. The normalized spacial score (nSPS) is 23.3. The first-order valence-corrected chi connectivity index (χ1v) is 10.0. The summed E-state index contributed by atoms with van der Waals surface area (Å²) in [6.07, 6.45) is 8.98. The highest BCUT2D eigenvalue weighted by atomic mass is 16.5. The van der Waals surface area contributed by atoms with Crippen molar-refractivity contribution in [1.82, 2.24) is 14.8 Å². The van der Waals surface area contributed by atoms with Crippen LogP contribution in [0, 0.1) is 0 Å². The quantitative estimate of drug-likeness (QED) is 0.826. The standard InChI is InChI=1S/C20H29N3O3/c24-20(23-11-9-22(10-12-23)17-3-1-2-4-17)16-5-6-19(21-15-16)26-18-7-13-25-14-8-18/h5-6,15,17-18H,1-4,7-14H2. The van der Waals surface area contributed by atoms with Crippen molar-refractivity contribution in [3.63, 3.8) is 0 Å². The van der Waals surface area contributed by atoms with E-state index in [1.807, 2.05) is 17.0 Å². The Morgan fingerprint density at radius 1 is 1.04 bits per heavy atom. The maximum atomic E-state index is 12.7. The molecule has 6 heteroatoms. The third-order valence-corrected chi connectivity index (χ3v) is 5.88. The molecule has 0 aromatic carbocycles.